The predicted octanol–water partition coefficient (Wildman–Crippen LogP) is -0.0457. The first-order valence-corrected chi connectivity index (χ1v) is 10.0. The first-order chi connectivity index (χ1) is 11.3. The number of fused-ring (bicyclic) bond motifs is 1. The summed E-state index contributed by atoms with van der Waals surface area (Å²) >= 11 is 0. The summed E-state index contributed by atoms with van der Waals surface area (Å²) in [6.07, 6.45) is 1.39. The topological polar surface area (TPSA) is 90.6 Å². The van der Waals surface area contributed by atoms with E-state index >= 15 is 0 Å². The lowest BCUT2D eigenvalue weighted by Gasteiger charge is -2.44. The van der Waals surface area contributed by atoms with Crippen LogP contribution in [-0.2, 0) is 9.84 Å². The van der Waals surface area contributed by atoms with Crippen molar-refractivity contribution < 1.29 is 13.2 Å². The number of H-pyrrole nitrogens is 1. The van der Waals surface area contributed by atoms with Gasteiger partial charge < -0.3 is 9.88 Å². The molecule has 3 rings (SSSR count). The quantitative estimate of drug-likeness (QED) is 0.823. The lowest BCUT2D eigenvalue weighted by molar-refractivity contribution is 0.0297. The standard InChI is InChI=1S/C16H23N3O4S/c1-11(2)8-18-5-6-19(14-10-24(22,23)9-13(14)18)16(21)12-3-4-15(20)17-7-12/h3-4,7,11,13-14H,5-6,8-10H2,1-2H3,(H,17,20)/t13-,14+/m0/s1. The molecule has 2 aliphatic heterocycles. The van der Waals surface area contributed by atoms with E-state index in [4.69, 9.17) is 0 Å². The van der Waals surface area contributed by atoms with Crippen LogP contribution < -0.4 is 5.56 Å². The summed E-state index contributed by atoms with van der Waals surface area (Å²) in [5, 5.41) is 0. The summed E-state index contributed by atoms with van der Waals surface area (Å²) in [6, 6.07) is 2.34. The number of amides is 1. The average Bonchev–Trinajstić information content (AvgIpc) is 2.83. The highest BCUT2D eigenvalue weighted by Gasteiger charge is 2.48. The number of hydrogen-bond acceptors (Lipinski definition) is 5. The van der Waals surface area contributed by atoms with E-state index in [2.05, 4.69) is 23.7 Å². The molecule has 0 radical (unpaired) electrons. The number of carbonyl (C=O) groups is 1. The van der Waals surface area contributed by atoms with Gasteiger partial charge in [0.1, 0.15) is 0 Å². The van der Waals surface area contributed by atoms with Gasteiger partial charge in [-0.1, -0.05) is 13.8 Å². The fourth-order valence-corrected chi connectivity index (χ4v) is 5.69. The number of hydrogen-bond donors (Lipinski definition) is 1. The van der Waals surface area contributed by atoms with Gasteiger partial charge in [0.25, 0.3) is 5.91 Å². The van der Waals surface area contributed by atoms with Crippen LogP contribution in [0.15, 0.2) is 23.1 Å². The number of sulfone groups is 1. The third kappa shape index (κ3) is 3.39. The fraction of sp³-hybridized carbons (Fsp3) is 0.625. The van der Waals surface area contributed by atoms with Crippen molar-refractivity contribution in [2.75, 3.05) is 31.1 Å². The van der Waals surface area contributed by atoms with Crippen LogP contribution in [0, 0.1) is 5.92 Å². The Hall–Kier alpha value is -1.67. The van der Waals surface area contributed by atoms with Gasteiger partial charge in [0.05, 0.1) is 23.1 Å². The number of pyridine rings is 1. The van der Waals surface area contributed by atoms with Crippen molar-refractivity contribution in [2.45, 2.75) is 25.9 Å². The molecule has 0 saturated carbocycles. The Morgan fingerprint density at radius 3 is 2.58 bits per heavy atom. The Labute approximate surface area is 141 Å². The van der Waals surface area contributed by atoms with Crippen molar-refractivity contribution >= 4 is 15.7 Å². The zero-order chi connectivity index (χ0) is 17.5. The molecule has 1 aromatic rings. The minimum Gasteiger partial charge on any atom is -0.332 e. The number of carbonyl (C=O) groups excluding carboxylic acids is 1. The third-order valence-corrected chi connectivity index (χ3v) is 6.38. The SMILES string of the molecule is CC(C)CN1CCN(C(=O)c2ccc(=O)[nH]c2)[C@@H]2CS(=O)(=O)C[C@@H]21. The molecular formula is C16H23N3O4S. The van der Waals surface area contributed by atoms with E-state index in [1.807, 2.05) is 0 Å². The van der Waals surface area contributed by atoms with Gasteiger partial charge in [-0.3, -0.25) is 14.5 Å². The summed E-state index contributed by atoms with van der Waals surface area (Å²) < 4.78 is 24.3. The van der Waals surface area contributed by atoms with E-state index in [1.54, 1.807) is 4.90 Å². The van der Waals surface area contributed by atoms with E-state index in [9.17, 15) is 18.0 Å². The molecule has 0 spiro atoms. The first kappa shape index (κ1) is 17.2. The number of nitrogens with one attached hydrogen (secondary N) is 1. The van der Waals surface area contributed by atoms with E-state index in [-0.39, 0.29) is 35.1 Å². The lowest BCUT2D eigenvalue weighted by Crippen LogP contribution is -2.61. The van der Waals surface area contributed by atoms with Gasteiger partial charge in [-0.25, -0.2) is 8.42 Å². The van der Waals surface area contributed by atoms with Gasteiger partial charge in [-0.2, -0.15) is 0 Å². The first-order valence-electron chi connectivity index (χ1n) is 8.21. The molecule has 2 aliphatic rings. The van der Waals surface area contributed by atoms with Crippen LogP contribution in [-0.4, -0.2) is 72.3 Å². The van der Waals surface area contributed by atoms with Gasteiger partial charge in [0, 0.05) is 37.9 Å². The Morgan fingerprint density at radius 2 is 1.96 bits per heavy atom. The van der Waals surface area contributed by atoms with Crippen molar-refractivity contribution in [1.82, 2.24) is 14.8 Å². The molecule has 0 bridgehead atoms. The highest BCUT2D eigenvalue weighted by molar-refractivity contribution is 7.91. The molecule has 1 amide bonds. The minimum absolute atomic E-state index is 0.0152. The fourth-order valence-electron chi connectivity index (χ4n) is 3.68. The zero-order valence-corrected chi connectivity index (χ0v) is 14.8. The summed E-state index contributed by atoms with van der Waals surface area (Å²) in [5.74, 6) is 0.346. The largest absolute Gasteiger partial charge is 0.332 e. The lowest BCUT2D eigenvalue weighted by atomic mass is 10.0. The van der Waals surface area contributed by atoms with Gasteiger partial charge in [0.2, 0.25) is 5.56 Å². The van der Waals surface area contributed by atoms with Crippen molar-refractivity contribution in [3.8, 4) is 0 Å². The third-order valence-electron chi connectivity index (χ3n) is 4.68. The molecule has 2 atom stereocenters. The zero-order valence-electron chi connectivity index (χ0n) is 13.9. The number of piperazine rings is 1. The Kier molecular flexibility index (Phi) is 4.52. The molecule has 3 heterocycles. The molecular weight excluding hydrogens is 330 g/mol. The second-order valence-electron chi connectivity index (χ2n) is 7.04. The highest BCUT2D eigenvalue weighted by atomic mass is 32.2. The summed E-state index contributed by atoms with van der Waals surface area (Å²) in [5.41, 5.74) is 0.115. The summed E-state index contributed by atoms with van der Waals surface area (Å²) in [7, 11) is -3.15. The minimum atomic E-state index is -3.15. The molecule has 2 saturated heterocycles. The normalized spacial score (nSPS) is 26.5. The van der Waals surface area contributed by atoms with Crippen LogP contribution in [0.2, 0.25) is 0 Å². The highest BCUT2D eigenvalue weighted by Crippen LogP contribution is 2.28. The predicted molar refractivity (Wildman–Crippen MR) is 90.7 cm³/mol. The monoisotopic (exact) mass is 353 g/mol. The molecule has 0 unspecified atom stereocenters. The van der Waals surface area contributed by atoms with Gasteiger partial charge in [-0.15, -0.1) is 0 Å². The van der Waals surface area contributed by atoms with Crippen LogP contribution >= 0.6 is 0 Å². The van der Waals surface area contributed by atoms with E-state index in [1.165, 1.54) is 18.3 Å². The number of nitrogens with zero attached hydrogens (tertiary/aromatic N) is 2. The van der Waals surface area contributed by atoms with Gasteiger partial charge >= 0.3 is 0 Å². The summed E-state index contributed by atoms with van der Waals surface area (Å²) in [4.78, 5) is 30.3. The molecule has 7 nitrogen and oxygen atoms in total. The smallest absolute Gasteiger partial charge is 0.255 e. The molecule has 132 valence electrons. The van der Waals surface area contributed by atoms with Crippen molar-refractivity contribution in [3.63, 3.8) is 0 Å². The molecule has 8 heteroatoms. The second-order valence-corrected chi connectivity index (χ2v) is 9.19. The second kappa shape index (κ2) is 6.33. The van der Waals surface area contributed by atoms with E-state index in [0.717, 1.165) is 6.54 Å². The van der Waals surface area contributed by atoms with Crippen LogP contribution in [0.5, 0.6) is 0 Å². The van der Waals surface area contributed by atoms with Crippen LogP contribution in [0.4, 0.5) is 0 Å². The average molecular weight is 353 g/mol. The Bertz CT molecular complexity index is 766. The molecule has 24 heavy (non-hydrogen) atoms. The van der Waals surface area contributed by atoms with Crippen molar-refractivity contribution in [1.29, 1.82) is 0 Å². The Morgan fingerprint density at radius 1 is 1.25 bits per heavy atom. The molecule has 0 aliphatic carbocycles. The van der Waals surface area contributed by atoms with Gasteiger partial charge in [-0.05, 0) is 12.0 Å². The molecule has 1 aromatic heterocycles. The number of aromatic amines is 1. The van der Waals surface area contributed by atoms with Crippen LogP contribution in [0.25, 0.3) is 0 Å². The maximum Gasteiger partial charge on any atom is 0.255 e. The maximum absolute atomic E-state index is 12.8. The number of rotatable bonds is 3. The van der Waals surface area contributed by atoms with E-state index in [0.29, 0.717) is 24.6 Å². The van der Waals surface area contributed by atoms with Crippen LogP contribution in [0.1, 0.15) is 24.2 Å². The van der Waals surface area contributed by atoms with Gasteiger partial charge in [0.15, 0.2) is 9.84 Å². The Balaban J connectivity index is 1.86. The molecule has 2 fully saturated rings. The van der Waals surface area contributed by atoms with Crippen LogP contribution in [0.3, 0.4) is 0 Å². The van der Waals surface area contributed by atoms with Crippen molar-refractivity contribution in [3.05, 3.63) is 34.2 Å². The summed E-state index contributed by atoms with van der Waals surface area (Å²) in [6.45, 7) is 6.22. The molecule has 0 aromatic carbocycles. The molecule has 1 N–H and O–H groups in total. The van der Waals surface area contributed by atoms with Crippen molar-refractivity contribution in [2.24, 2.45) is 5.92 Å². The number of aromatic nitrogens is 1. The van der Waals surface area contributed by atoms with E-state index < -0.39 is 9.84 Å². The maximum atomic E-state index is 12.8.